The summed E-state index contributed by atoms with van der Waals surface area (Å²) in [7, 11) is -3.77. The van der Waals surface area contributed by atoms with Crippen LogP contribution < -0.4 is 4.72 Å². The van der Waals surface area contributed by atoms with E-state index in [-0.39, 0.29) is 10.7 Å². The molecular formula is C21H16ClNO3S. The van der Waals surface area contributed by atoms with E-state index in [0.717, 1.165) is 5.56 Å². The number of carbonyl (C=O) groups is 1. The number of rotatable bonds is 6. The number of allylic oxidation sites excluding steroid dienone is 1. The molecule has 0 unspecified atom stereocenters. The molecule has 0 aliphatic rings. The molecule has 0 bridgehead atoms. The molecule has 0 heterocycles. The van der Waals surface area contributed by atoms with Gasteiger partial charge in [-0.2, -0.15) is 0 Å². The number of carbonyl (C=O) groups excluding carboxylic acids is 1. The van der Waals surface area contributed by atoms with Crippen molar-refractivity contribution in [2.24, 2.45) is 0 Å². The molecule has 0 amide bonds. The van der Waals surface area contributed by atoms with Crippen molar-refractivity contribution in [2.45, 2.75) is 4.90 Å². The van der Waals surface area contributed by atoms with Gasteiger partial charge in [0.05, 0.1) is 4.90 Å². The summed E-state index contributed by atoms with van der Waals surface area (Å²) in [6.45, 7) is 0. The third-order valence-corrected chi connectivity index (χ3v) is 5.40. The number of hydrogen-bond acceptors (Lipinski definition) is 3. The van der Waals surface area contributed by atoms with Gasteiger partial charge in [-0.25, -0.2) is 8.42 Å². The van der Waals surface area contributed by atoms with Crippen LogP contribution >= 0.6 is 11.6 Å². The fraction of sp³-hybridized carbons (Fsp3) is 0. The van der Waals surface area contributed by atoms with Crippen molar-refractivity contribution in [3.63, 3.8) is 0 Å². The third-order valence-electron chi connectivity index (χ3n) is 3.75. The van der Waals surface area contributed by atoms with Crippen LogP contribution in [-0.4, -0.2) is 14.2 Å². The van der Waals surface area contributed by atoms with Crippen LogP contribution in [-0.2, 0) is 10.0 Å². The van der Waals surface area contributed by atoms with Gasteiger partial charge in [-0.3, -0.25) is 9.52 Å². The van der Waals surface area contributed by atoms with Gasteiger partial charge in [0.1, 0.15) is 0 Å². The molecular weight excluding hydrogens is 382 g/mol. The van der Waals surface area contributed by atoms with Crippen molar-refractivity contribution < 1.29 is 13.2 Å². The molecule has 0 saturated heterocycles. The molecule has 1 N–H and O–H groups in total. The van der Waals surface area contributed by atoms with E-state index < -0.39 is 10.0 Å². The Labute approximate surface area is 163 Å². The molecule has 0 radical (unpaired) electrons. The lowest BCUT2D eigenvalue weighted by Crippen LogP contribution is -2.13. The standard InChI is InChI=1S/C21H16ClNO3S/c22-18-10-12-20(13-11-18)27(25,26)23-19-8-4-7-17(15-19)21(24)14-9-16-5-2-1-3-6-16/h1-15,23H/b14-9+. The van der Waals surface area contributed by atoms with Crippen molar-refractivity contribution in [3.8, 4) is 0 Å². The lowest BCUT2D eigenvalue weighted by atomic mass is 10.1. The number of nitrogens with one attached hydrogen (secondary N) is 1. The summed E-state index contributed by atoms with van der Waals surface area (Å²) >= 11 is 5.79. The molecule has 27 heavy (non-hydrogen) atoms. The first-order valence-corrected chi connectivity index (χ1v) is 9.96. The molecule has 0 spiro atoms. The summed E-state index contributed by atoms with van der Waals surface area (Å²) in [6.07, 6.45) is 3.18. The lowest BCUT2D eigenvalue weighted by molar-refractivity contribution is 0.104. The van der Waals surface area contributed by atoms with Crippen LogP contribution in [0.15, 0.2) is 89.8 Å². The molecule has 0 aliphatic carbocycles. The van der Waals surface area contributed by atoms with Gasteiger partial charge in [0.2, 0.25) is 0 Å². The highest BCUT2D eigenvalue weighted by Crippen LogP contribution is 2.19. The third kappa shape index (κ3) is 5.06. The monoisotopic (exact) mass is 397 g/mol. The van der Waals surface area contributed by atoms with Crippen LogP contribution in [0.3, 0.4) is 0 Å². The van der Waals surface area contributed by atoms with Crippen LogP contribution in [0.1, 0.15) is 15.9 Å². The van der Waals surface area contributed by atoms with E-state index in [1.165, 1.54) is 36.4 Å². The Bertz CT molecular complexity index is 1080. The minimum Gasteiger partial charge on any atom is -0.289 e. The van der Waals surface area contributed by atoms with Gasteiger partial charge in [-0.15, -0.1) is 0 Å². The number of benzene rings is 3. The highest BCUT2D eigenvalue weighted by atomic mass is 35.5. The predicted octanol–water partition coefficient (Wildman–Crippen LogP) is 5.04. The molecule has 0 aromatic heterocycles. The Balaban J connectivity index is 1.78. The molecule has 0 aliphatic heterocycles. The van der Waals surface area contributed by atoms with Gasteiger partial charge in [-0.1, -0.05) is 60.1 Å². The molecule has 3 rings (SSSR count). The largest absolute Gasteiger partial charge is 0.289 e. The van der Waals surface area contributed by atoms with Crippen LogP contribution in [0.4, 0.5) is 5.69 Å². The number of ketones is 1. The summed E-state index contributed by atoms with van der Waals surface area (Å²) in [5.41, 5.74) is 1.60. The van der Waals surface area contributed by atoms with Gasteiger partial charge in [0.15, 0.2) is 5.78 Å². The molecule has 0 atom stereocenters. The zero-order valence-corrected chi connectivity index (χ0v) is 15.7. The Kier molecular flexibility index (Phi) is 5.74. The summed E-state index contributed by atoms with van der Waals surface area (Å²) in [5.74, 6) is -0.216. The molecule has 0 fully saturated rings. The van der Waals surface area contributed by atoms with Crippen molar-refractivity contribution in [2.75, 3.05) is 4.72 Å². The van der Waals surface area contributed by atoms with E-state index in [4.69, 9.17) is 11.6 Å². The Hall–Kier alpha value is -2.89. The minimum atomic E-state index is -3.77. The molecule has 6 heteroatoms. The van der Waals surface area contributed by atoms with Crippen LogP contribution in [0.5, 0.6) is 0 Å². The van der Waals surface area contributed by atoms with E-state index in [0.29, 0.717) is 16.3 Å². The van der Waals surface area contributed by atoms with Crippen molar-refractivity contribution >= 4 is 39.2 Å². The smallest absolute Gasteiger partial charge is 0.261 e. The zero-order valence-electron chi connectivity index (χ0n) is 14.2. The van der Waals surface area contributed by atoms with Gasteiger partial charge in [0, 0.05) is 16.3 Å². The fourth-order valence-electron chi connectivity index (χ4n) is 2.40. The maximum atomic E-state index is 12.5. The van der Waals surface area contributed by atoms with Crippen molar-refractivity contribution in [1.29, 1.82) is 0 Å². The lowest BCUT2D eigenvalue weighted by Gasteiger charge is -2.09. The molecule has 136 valence electrons. The number of hydrogen-bond donors (Lipinski definition) is 1. The number of sulfonamides is 1. The van der Waals surface area contributed by atoms with Gasteiger partial charge < -0.3 is 0 Å². The van der Waals surface area contributed by atoms with E-state index in [9.17, 15) is 13.2 Å². The highest BCUT2D eigenvalue weighted by molar-refractivity contribution is 7.92. The summed E-state index contributed by atoms with van der Waals surface area (Å²) in [4.78, 5) is 12.5. The maximum Gasteiger partial charge on any atom is 0.261 e. The van der Waals surface area contributed by atoms with Gasteiger partial charge in [-0.05, 0) is 48.0 Å². The normalized spacial score (nSPS) is 11.4. The van der Waals surface area contributed by atoms with E-state index in [1.807, 2.05) is 30.3 Å². The van der Waals surface area contributed by atoms with Crippen LogP contribution in [0.25, 0.3) is 6.08 Å². The van der Waals surface area contributed by atoms with Crippen LogP contribution in [0, 0.1) is 0 Å². The Morgan fingerprint density at radius 2 is 1.59 bits per heavy atom. The summed E-state index contributed by atoms with van der Waals surface area (Å²) in [5, 5.41) is 0.451. The quantitative estimate of drug-likeness (QED) is 0.468. The molecule has 0 saturated carbocycles. The Morgan fingerprint density at radius 1 is 0.889 bits per heavy atom. The second-order valence-electron chi connectivity index (χ2n) is 5.75. The first-order chi connectivity index (χ1) is 12.9. The number of anilines is 1. The second-order valence-corrected chi connectivity index (χ2v) is 7.87. The maximum absolute atomic E-state index is 12.5. The Morgan fingerprint density at radius 3 is 2.30 bits per heavy atom. The van der Waals surface area contributed by atoms with E-state index in [2.05, 4.69) is 4.72 Å². The topological polar surface area (TPSA) is 63.2 Å². The van der Waals surface area contributed by atoms with Gasteiger partial charge in [0.25, 0.3) is 10.0 Å². The van der Waals surface area contributed by atoms with Crippen molar-refractivity contribution in [3.05, 3.63) is 101 Å². The average molecular weight is 398 g/mol. The zero-order chi connectivity index (χ0) is 19.3. The molecule has 3 aromatic carbocycles. The highest BCUT2D eigenvalue weighted by Gasteiger charge is 2.14. The summed E-state index contributed by atoms with van der Waals surface area (Å²) in [6, 6.07) is 21.7. The van der Waals surface area contributed by atoms with Gasteiger partial charge >= 0.3 is 0 Å². The minimum absolute atomic E-state index is 0.0904. The summed E-state index contributed by atoms with van der Waals surface area (Å²) < 4.78 is 27.4. The van der Waals surface area contributed by atoms with Crippen molar-refractivity contribution in [1.82, 2.24) is 0 Å². The first-order valence-electron chi connectivity index (χ1n) is 8.10. The molecule has 4 nitrogen and oxygen atoms in total. The number of halogens is 1. The first kappa shape index (κ1) is 18.9. The van der Waals surface area contributed by atoms with E-state index >= 15 is 0 Å². The SMILES string of the molecule is O=C(/C=C/c1ccccc1)c1cccc(NS(=O)(=O)c2ccc(Cl)cc2)c1. The second kappa shape index (κ2) is 8.20. The van der Waals surface area contributed by atoms with Crippen LogP contribution in [0.2, 0.25) is 5.02 Å². The van der Waals surface area contributed by atoms with E-state index in [1.54, 1.807) is 24.3 Å². The predicted molar refractivity (Wildman–Crippen MR) is 109 cm³/mol. The molecule has 3 aromatic rings. The fourth-order valence-corrected chi connectivity index (χ4v) is 3.57. The average Bonchev–Trinajstić information content (AvgIpc) is 2.67.